The van der Waals surface area contributed by atoms with Crippen molar-refractivity contribution in [3.8, 4) is 0 Å². The number of hydrogen-bond acceptors (Lipinski definition) is 2. The van der Waals surface area contributed by atoms with E-state index in [4.69, 9.17) is 4.74 Å². The molecule has 2 bridgehead atoms. The summed E-state index contributed by atoms with van der Waals surface area (Å²) < 4.78 is 5.31. The normalized spacial score (nSPS) is 39.8. The van der Waals surface area contributed by atoms with Crippen molar-refractivity contribution in [1.82, 2.24) is 0 Å². The summed E-state index contributed by atoms with van der Waals surface area (Å²) in [6.07, 6.45) is 5.99. The maximum atomic E-state index is 11.2. The van der Waals surface area contributed by atoms with Gasteiger partial charge in [-0.25, -0.2) is 0 Å². The largest absolute Gasteiger partial charge is 0.462 e. The van der Waals surface area contributed by atoms with Gasteiger partial charge in [0.05, 0.1) is 5.92 Å². The van der Waals surface area contributed by atoms with Crippen LogP contribution >= 0.6 is 0 Å². The van der Waals surface area contributed by atoms with Crippen molar-refractivity contribution in [3.05, 3.63) is 0 Å². The van der Waals surface area contributed by atoms with Crippen molar-refractivity contribution in [2.24, 2.45) is 11.8 Å². The summed E-state index contributed by atoms with van der Waals surface area (Å²) in [4.78, 5) is 11.2. The van der Waals surface area contributed by atoms with Gasteiger partial charge >= 0.3 is 5.97 Å². The van der Waals surface area contributed by atoms with Crippen LogP contribution in [0.3, 0.4) is 0 Å². The number of ether oxygens (including phenoxy) is 1. The Labute approximate surface area is 73.3 Å². The van der Waals surface area contributed by atoms with E-state index in [1.54, 1.807) is 0 Å². The van der Waals surface area contributed by atoms with Crippen molar-refractivity contribution in [1.29, 1.82) is 0 Å². The van der Waals surface area contributed by atoms with E-state index in [-0.39, 0.29) is 18.0 Å². The Hall–Kier alpha value is -0.530. The van der Waals surface area contributed by atoms with Crippen LogP contribution in [0.5, 0.6) is 0 Å². The Morgan fingerprint density at radius 1 is 1.50 bits per heavy atom. The number of carbonyl (C=O) groups is 1. The summed E-state index contributed by atoms with van der Waals surface area (Å²) in [6.45, 7) is 2.20. The maximum Gasteiger partial charge on any atom is 0.309 e. The quantitative estimate of drug-likeness (QED) is 0.590. The van der Waals surface area contributed by atoms with Gasteiger partial charge in [-0.15, -0.1) is 0 Å². The van der Waals surface area contributed by atoms with Gasteiger partial charge in [0.1, 0.15) is 6.10 Å². The molecule has 68 valence electrons. The third-order valence-corrected chi connectivity index (χ3v) is 3.19. The molecule has 1 saturated heterocycles. The second-order valence-electron chi connectivity index (χ2n) is 4.03. The van der Waals surface area contributed by atoms with Crippen LogP contribution in [0.2, 0.25) is 0 Å². The predicted molar refractivity (Wildman–Crippen MR) is 45.6 cm³/mol. The first-order valence-corrected chi connectivity index (χ1v) is 5.01. The summed E-state index contributed by atoms with van der Waals surface area (Å²) in [5.74, 6) is 0.986. The Morgan fingerprint density at radius 2 is 2.33 bits per heavy atom. The molecule has 0 radical (unpaired) electrons. The third kappa shape index (κ3) is 1.23. The number of fused-ring (bicyclic) bond motifs is 2. The van der Waals surface area contributed by atoms with Crippen molar-refractivity contribution in [2.75, 3.05) is 0 Å². The van der Waals surface area contributed by atoms with Crippen LogP contribution in [0.25, 0.3) is 0 Å². The van der Waals surface area contributed by atoms with Crippen molar-refractivity contribution in [2.45, 2.75) is 45.1 Å². The Bertz CT molecular complexity index is 188. The first kappa shape index (κ1) is 8.09. The Kier molecular flexibility index (Phi) is 2.07. The smallest absolute Gasteiger partial charge is 0.309 e. The molecule has 1 aliphatic carbocycles. The van der Waals surface area contributed by atoms with E-state index in [2.05, 4.69) is 6.92 Å². The van der Waals surface area contributed by atoms with Gasteiger partial charge in [0.2, 0.25) is 0 Å². The van der Waals surface area contributed by atoms with Crippen molar-refractivity contribution >= 4 is 5.97 Å². The minimum Gasteiger partial charge on any atom is -0.462 e. The first-order chi connectivity index (χ1) is 5.81. The fourth-order valence-corrected chi connectivity index (χ4v) is 2.50. The molecule has 0 amide bonds. The number of esters is 1. The standard InChI is InChI=1S/C10H16O2/c1-2-3-7-4-5-8-6-9(7)12-10(8)11/h7-9H,2-6H2,1H3. The molecule has 0 aromatic rings. The molecule has 0 aromatic carbocycles. The average Bonchev–Trinajstić information content (AvgIpc) is 2.35. The van der Waals surface area contributed by atoms with Crippen molar-refractivity contribution < 1.29 is 9.53 Å². The maximum absolute atomic E-state index is 11.2. The molecule has 0 spiro atoms. The van der Waals surface area contributed by atoms with Gasteiger partial charge in [-0.2, -0.15) is 0 Å². The van der Waals surface area contributed by atoms with Crippen LogP contribution in [0, 0.1) is 11.8 Å². The lowest BCUT2D eigenvalue weighted by molar-refractivity contribution is -0.144. The van der Waals surface area contributed by atoms with Gasteiger partial charge < -0.3 is 4.74 Å². The van der Waals surface area contributed by atoms with E-state index in [1.165, 1.54) is 19.3 Å². The minimum atomic E-state index is 0.0682. The fourth-order valence-electron chi connectivity index (χ4n) is 2.50. The zero-order valence-corrected chi connectivity index (χ0v) is 7.58. The first-order valence-electron chi connectivity index (χ1n) is 5.01. The topological polar surface area (TPSA) is 26.3 Å². The molecule has 0 aromatic heterocycles. The zero-order valence-electron chi connectivity index (χ0n) is 7.58. The van der Waals surface area contributed by atoms with Gasteiger partial charge in [-0.3, -0.25) is 4.79 Å². The lowest BCUT2D eigenvalue weighted by atomic mass is 9.80. The monoisotopic (exact) mass is 168 g/mol. The van der Waals surface area contributed by atoms with Crippen LogP contribution in [0.15, 0.2) is 0 Å². The van der Waals surface area contributed by atoms with Crippen LogP contribution in [-0.2, 0) is 9.53 Å². The van der Waals surface area contributed by atoms with Crippen LogP contribution in [-0.4, -0.2) is 12.1 Å². The molecule has 2 nitrogen and oxygen atoms in total. The zero-order chi connectivity index (χ0) is 8.55. The van der Waals surface area contributed by atoms with Crippen LogP contribution in [0.1, 0.15) is 39.0 Å². The van der Waals surface area contributed by atoms with Crippen molar-refractivity contribution in [3.63, 3.8) is 0 Å². The molecule has 0 N–H and O–H groups in total. The van der Waals surface area contributed by atoms with E-state index in [0.29, 0.717) is 5.92 Å². The minimum absolute atomic E-state index is 0.0682. The number of carbonyl (C=O) groups excluding carboxylic acids is 1. The summed E-state index contributed by atoms with van der Waals surface area (Å²) in [5.41, 5.74) is 0. The number of hydrogen-bond donors (Lipinski definition) is 0. The molecule has 2 heteroatoms. The fraction of sp³-hybridized carbons (Fsp3) is 0.900. The molecular formula is C10H16O2. The number of rotatable bonds is 2. The summed E-state index contributed by atoms with van der Waals surface area (Å²) in [5, 5.41) is 0. The van der Waals surface area contributed by atoms with Gasteiger partial charge in [0, 0.05) is 0 Å². The molecule has 3 unspecified atom stereocenters. The third-order valence-electron chi connectivity index (χ3n) is 3.19. The SMILES string of the molecule is CCCC1CCC2CC1OC2=O. The van der Waals surface area contributed by atoms with E-state index >= 15 is 0 Å². The molecule has 2 aliphatic rings. The van der Waals surface area contributed by atoms with Gasteiger partial charge in [0.15, 0.2) is 0 Å². The molecule has 1 heterocycles. The van der Waals surface area contributed by atoms with Gasteiger partial charge in [0.25, 0.3) is 0 Å². The van der Waals surface area contributed by atoms with Gasteiger partial charge in [-0.05, 0) is 31.6 Å². The lowest BCUT2D eigenvalue weighted by Gasteiger charge is -2.24. The van der Waals surface area contributed by atoms with E-state index in [0.717, 1.165) is 12.8 Å². The Balaban J connectivity index is 1.99. The van der Waals surface area contributed by atoms with E-state index in [9.17, 15) is 4.79 Å². The molecular weight excluding hydrogens is 152 g/mol. The molecule has 12 heavy (non-hydrogen) atoms. The molecule has 1 saturated carbocycles. The summed E-state index contributed by atoms with van der Waals surface area (Å²) >= 11 is 0. The second-order valence-corrected chi connectivity index (χ2v) is 4.03. The molecule has 3 atom stereocenters. The highest BCUT2D eigenvalue weighted by atomic mass is 16.6. The van der Waals surface area contributed by atoms with Crippen LogP contribution in [0.4, 0.5) is 0 Å². The van der Waals surface area contributed by atoms with Gasteiger partial charge in [-0.1, -0.05) is 13.3 Å². The van der Waals surface area contributed by atoms with E-state index in [1.807, 2.05) is 0 Å². The Morgan fingerprint density at radius 3 is 3.08 bits per heavy atom. The molecule has 2 rings (SSSR count). The van der Waals surface area contributed by atoms with Crippen LogP contribution < -0.4 is 0 Å². The second kappa shape index (κ2) is 3.08. The predicted octanol–water partition coefficient (Wildman–Crippen LogP) is 2.13. The summed E-state index contributed by atoms with van der Waals surface area (Å²) in [6, 6.07) is 0. The molecule has 2 fully saturated rings. The highest BCUT2D eigenvalue weighted by molar-refractivity contribution is 5.75. The molecule has 1 aliphatic heterocycles. The summed E-state index contributed by atoms with van der Waals surface area (Å²) in [7, 11) is 0. The lowest BCUT2D eigenvalue weighted by Crippen LogP contribution is -2.23. The highest BCUT2D eigenvalue weighted by Gasteiger charge is 2.42. The van der Waals surface area contributed by atoms with E-state index < -0.39 is 0 Å². The highest BCUT2D eigenvalue weighted by Crippen LogP contribution is 2.39. The average molecular weight is 168 g/mol.